The minimum Gasteiger partial charge on any atom is -0.329 e. The van der Waals surface area contributed by atoms with Crippen LogP contribution < -0.4 is 0 Å². The van der Waals surface area contributed by atoms with E-state index < -0.39 is 0 Å². The Morgan fingerprint density at radius 2 is 2.11 bits per heavy atom. The molecular weight excluding hydrogens is 280 g/mol. The van der Waals surface area contributed by atoms with Crippen molar-refractivity contribution in [3.8, 4) is 0 Å². The highest BCUT2D eigenvalue weighted by atomic mass is 35.5. The normalized spacial score (nSPS) is 29.5. The Labute approximate surface area is 123 Å². The highest BCUT2D eigenvalue weighted by Crippen LogP contribution is 2.47. The van der Waals surface area contributed by atoms with Gasteiger partial charge in [0.1, 0.15) is 5.69 Å². The molecule has 2 bridgehead atoms. The zero-order chi connectivity index (χ0) is 13.8. The molecule has 2 aliphatic rings. The first-order valence-electron chi connectivity index (χ1n) is 6.92. The molecule has 1 amide bonds. The van der Waals surface area contributed by atoms with Gasteiger partial charge in [-0.25, -0.2) is 4.98 Å². The van der Waals surface area contributed by atoms with Crippen LogP contribution in [0.25, 0.3) is 0 Å². The summed E-state index contributed by atoms with van der Waals surface area (Å²) in [6, 6.07) is 0.415. The zero-order valence-corrected chi connectivity index (χ0v) is 13.1. The fourth-order valence-electron chi connectivity index (χ4n) is 3.54. The average molecular weight is 299 g/mol. The topological polar surface area (TPSA) is 33.2 Å². The van der Waals surface area contributed by atoms with Crippen molar-refractivity contribution in [2.75, 3.05) is 0 Å². The molecule has 0 atom stereocenters. The molecule has 0 spiro atoms. The van der Waals surface area contributed by atoms with Gasteiger partial charge in [-0.3, -0.25) is 4.79 Å². The second kappa shape index (κ2) is 4.45. The third-order valence-electron chi connectivity index (χ3n) is 4.55. The van der Waals surface area contributed by atoms with Gasteiger partial charge in [0.2, 0.25) is 0 Å². The van der Waals surface area contributed by atoms with E-state index in [1.54, 1.807) is 0 Å². The molecule has 0 aliphatic carbocycles. The lowest BCUT2D eigenvalue weighted by Crippen LogP contribution is -2.43. The SMILES string of the molecule is CC(C)c1sc(Cl)nc1C(=O)N1C2CCC1(C)CC2. The predicted molar refractivity (Wildman–Crippen MR) is 78.0 cm³/mol. The van der Waals surface area contributed by atoms with E-state index in [-0.39, 0.29) is 17.4 Å². The van der Waals surface area contributed by atoms with Gasteiger partial charge in [0.05, 0.1) is 0 Å². The van der Waals surface area contributed by atoms with Crippen LogP contribution in [0.3, 0.4) is 0 Å². The summed E-state index contributed by atoms with van der Waals surface area (Å²) >= 11 is 7.46. The predicted octanol–water partition coefficient (Wildman–Crippen LogP) is 4.08. The number of aromatic nitrogens is 1. The molecule has 0 unspecified atom stereocenters. The molecule has 0 N–H and O–H groups in total. The smallest absolute Gasteiger partial charge is 0.274 e. The van der Waals surface area contributed by atoms with E-state index in [0.29, 0.717) is 16.2 Å². The Bertz CT molecular complexity index is 518. The van der Waals surface area contributed by atoms with E-state index in [0.717, 1.165) is 30.6 Å². The van der Waals surface area contributed by atoms with Gasteiger partial charge < -0.3 is 4.90 Å². The summed E-state index contributed by atoms with van der Waals surface area (Å²) < 4.78 is 0.476. The van der Waals surface area contributed by atoms with Gasteiger partial charge in [0, 0.05) is 16.5 Å². The van der Waals surface area contributed by atoms with Gasteiger partial charge >= 0.3 is 0 Å². The molecule has 3 heterocycles. The molecule has 3 rings (SSSR count). The maximum Gasteiger partial charge on any atom is 0.274 e. The lowest BCUT2D eigenvalue weighted by molar-refractivity contribution is 0.0634. The van der Waals surface area contributed by atoms with Gasteiger partial charge in [-0.1, -0.05) is 25.4 Å². The molecule has 2 fully saturated rings. The van der Waals surface area contributed by atoms with Crippen molar-refractivity contribution in [2.45, 2.75) is 64.0 Å². The van der Waals surface area contributed by atoms with Gasteiger partial charge in [-0.15, -0.1) is 11.3 Å². The van der Waals surface area contributed by atoms with Crippen molar-refractivity contribution >= 4 is 28.8 Å². The molecular formula is C14H19ClN2OS. The number of carbonyl (C=O) groups is 1. The van der Waals surface area contributed by atoms with Crippen LogP contribution >= 0.6 is 22.9 Å². The Kier molecular flexibility index (Phi) is 3.13. The van der Waals surface area contributed by atoms with Crippen molar-refractivity contribution in [3.63, 3.8) is 0 Å². The van der Waals surface area contributed by atoms with E-state index in [4.69, 9.17) is 11.6 Å². The molecule has 1 aromatic heterocycles. The summed E-state index contributed by atoms with van der Waals surface area (Å²) in [5.41, 5.74) is 0.636. The number of fused-ring (bicyclic) bond motifs is 2. The maximum absolute atomic E-state index is 12.9. The van der Waals surface area contributed by atoms with Crippen LogP contribution in [0.1, 0.15) is 67.7 Å². The molecule has 104 valence electrons. The highest BCUT2D eigenvalue weighted by molar-refractivity contribution is 7.16. The molecule has 3 nitrogen and oxygen atoms in total. The van der Waals surface area contributed by atoms with Crippen LogP contribution in [-0.4, -0.2) is 27.4 Å². The minimum atomic E-state index is 0.0477. The van der Waals surface area contributed by atoms with Crippen LogP contribution in [0.4, 0.5) is 0 Å². The van der Waals surface area contributed by atoms with Gasteiger partial charge in [0.15, 0.2) is 4.47 Å². The fourth-order valence-corrected chi connectivity index (χ4v) is 4.66. The Morgan fingerprint density at radius 3 is 2.58 bits per heavy atom. The first kappa shape index (κ1) is 13.4. The Balaban J connectivity index is 1.97. The second-order valence-corrected chi connectivity index (χ2v) is 7.85. The number of halogens is 1. The summed E-state index contributed by atoms with van der Waals surface area (Å²) in [5, 5.41) is 0. The largest absolute Gasteiger partial charge is 0.329 e. The third kappa shape index (κ3) is 2.00. The summed E-state index contributed by atoms with van der Waals surface area (Å²) in [7, 11) is 0. The van der Waals surface area contributed by atoms with Crippen LogP contribution in [-0.2, 0) is 0 Å². The molecule has 19 heavy (non-hydrogen) atoms. The summed E-state index contributed by atoms with van der Waals surface area (Å²) in [5.74, 6) is 0.381. The van der Waals surface area contributed by atoms with Crippen molar-refractivity contribution in [2.24, 2.45) is 0 Å². The average Bonchev–Trinajstić information content (AvgIpc) is 2.97. The van der Waals surface area contributed by atoms with E-state index >= 15 is 0 Å². The number of thiazole rings is 1. The van der Waals surface area contributed by atoms with E-state index in [1.807, 2.05) is 0 Å². The number of carbonyl (C=O) groups excluding carboxylic acids is 1. The Hall–Kier alpha value is -0.610. The van der Waals surface area contributed by atoms with Gasteiger partial charge in [0.25, 0.3) is 5.91 Å². The van der Waals surface area contributed by atoms with Gasteiger partial charge in [-0.05, 0) is 38.5 Å². The van der Waals surface area contributed by atoms with Gasteiger partial charge in [-0.2, -0.15) is 0 Å². The van der Waals surface area contributed by atoms with Crippen molar-refractivity contribution in [1.29, 1.82) is 0 Å². The van der Waals surface area contributed by atoms with Crippen LogP contribution in [0.2, 0.25) is 4.47 Å². The van der Waals surface area contributed by atoms with Crippen molar-refractivity contribution in [1.82, 2.24) is 9.88 Å². The number of hydrogen-bond acceptors (Lipinski definition) is 3. The summed E-state index contributed by atoms with van der Waals surface area (Å²) in [4.78, 5) is 20.3. The number of amides is 1. The summed E-state index contributed by atoms with van der Waals surface area (Å²) in [6.45, 7) is 6.38. The minimum absolute atomic E-state index is 0.0477. The van der Waals surface area contributed by atoms with E-state index in [2.05, 4.69) is 30.7 Å². The van der Waals surface area contributed by atoms with E-state index in [9.17, 15) is 4.79 Å². The lowest BCUT2D eigenvalue weighted by Gasteiger charge is -2.31. The molecule has 2 aliphatic heterocycles. The first-order chi connectivity index (χ1) is 8.92. The quantitative estimate of drug-likeness (QED) is 0.824. The molecule has 1 aromatic rings. The first-order valence-corrected chi connectivity index (χ1v) is 8.12. The van der Waals surface area contributed by atoms with Crippen molar-refractivity contribution < 1.29 is 4.79 Å². The third-order valence-corrected chi connectivity index (χ3v) is 6.01. The standard InChI is InChI=1S/C14H19ClN2OS/c1-8(2)11-10(16-13(15)19-11)12(18)17-9-4-6-14(17,3)7-5-9/h8-9H,4-7H2,1-3H3. The molecule has 0 saturated carbocycles. The molecule has 0 radical (unpaired) electrons. The van der Waals surface area contributed by atoms with Crippen LogP contribution in [0.15, 0.2) is 0 Å². The fraction of sp³-hybridized carbons (Fsp3) is 0.714. The second-order valence-electron chi connectivity index (χ2n) is 6.24. The monoisotopic (exact) mass is 298 g/mol. The molecule has 0 aromatic carbocycles. The molecule has 2 saturated heterocycles. The van der Waals surface area contributed by atoms with E-state index in [1.165, 1.54) is 11.3 Å². The zero-order valence-electron chi connectivity index (χ0n) is 11.6. The summed E-state index contributed by atoms with van der Waals surface area (Å²) in [6.07, 6.45) is 4.52. The maximum atomic E-state index is 12.9. The highest BCUT2D eigenvalue weighted by Gasteiger charge is 2.51. The number of nitrogens with zero attached hydrogens (tertiary/aromatic N) is 2. The van der Waals surface area contributed by atoms with Crippen molar-refractivity contribution in [3.05, 3.63) is 15.0 Å². The lowest BCUT2D eigenvalue weighted by atomic mass is 9.90. The molecule has 5 heteroatoms. The van der Waals surface area contributed by atoms with Crippen LogP contribution in [0, 0.1) is 0 Å². The number of rotatable bonds is 2. The number of hydrogen-bond donors (Lipinski definition) is 0. The Morgan fingerprint density at radius 1 is 1.47 bits per heavy atom. The van der Waals surface area contributed by atoms with Crippen LogP contribution in [0.5, 0.6) is 0 Å².